The average Bonchev–Trinajstić information content (AvgIpc) is 2.01. The zero-order valence-corrected chi connectivity index (χ0v) is 7.46. The fourth-order valence-corrected chi connectivity index (χ4v) is 0.473. The Morgan fingerprint density at radius 3 is 2.38 bits per heavy atom. The van der Waals surface area contributed by atoms with Crippen LogP contribution < -0.4 is 5.32 Å². The van der Waals surface area contributed by atoms with E-state index in [1.165, 1.54) is 6.92 Å². The van der Waals surface area contributed by atoms with Gasteiger partial charge in [0, 0.05) is 6.92 Å². The fraction of sp³-hybridized carbons (Fsp3) is 0.571. The number of carbonyl (C=O) groups is 3. The molecule has 0 unspecified atom stereocenters. The summed E-state index contributed by atoms with van der Waals surface area (Å²) in [5.74, 6) is -1.23. The first-order valence-corrected chi connectivity index (χ1v) is 3.68. The van der Waals surface area contributed by atoms with Crippen LogP contribution in [0.4, 0.5) is 4.79 Å². The van der Waals surface area contributed by atoms with Gasteiger partial charge in [-0.1, -0.05) is 0 Å². The Morgan fingerprint density at radius 1 is 1.31 bits per heavy atom. The Morgan fingerprint density at radius 2 is 1.92 bits per heavy atom. The van der Waals surface area contributed by atoms with Gasteiger partial charge in [-0.05, 0) is 6.92 Å². The van der Waals surface area contributed by atoms with Gasteiger partial charge in [-0.3, -0.25) is 4.79 Å². The quantitative estimate of drug-likeness (QED) is 0.492. The first kappa shape index (κ1) is 11.4. The van der Waals surface area contributed by atoms with Gasteiger partial charge in [-0.2, -0.15) is 0 Å². The van der Waals surface area contributed by atoms with Gasteiger partial charge in [0.15, 0.2) is 0 Å². The van der Waals surface area contributed by atoms with E-state index in [1.54, 1.807) is 6.92 Å². The second kappa shape index (κ2) is 5.99. The van der Waals surface area contributed by atoms with Crippen molar-refractivity contribution in [2.75, 3.05) is 13.2 Å². The molecule has 6 nitrogen and oxygen atoms in total. The molecular weight excluding hydrogens is 178 g/mol. The van der Waals surface area contributed by atoms with Gasteiger partial charge in [0.1, 0.15) is 6.54 Å². The number of ether oxygens (including phenoxy) is 2. The lowest BCUT2D eigenvalue weighted by molar-refractivity contribution is -0.140. The van der Waals surface area contributed by atoms with Crippen molar-refractivity contribution < 1.29 is 23.9 Å². The van der Waals surface area contributed by atoms with Crippen molar-refractivity contribution in [2.24, 2.45) is 0 Å². The normalized spacial score (nSPS) is 8.77. The highest BCUT2D eigenvalue weighted by molar-refractivity contribution is 5.86. The summed E-state index contributed by atoms with van der Waals surface area (Å²) in [5, 5.41) is 2.17. The lowest BCUT2D eigenvalue weighted by Crippen LogP contribution is -2.30. The molecule has 0 aromatic rings. The standard InChI is InChI=1S/C7H11NO5/c1-3-12-7(11)13-6(10)4-8-5(2)9/h3-4H2,1-2H3,(H,8,9). The number of hydrogen-bond donors (Lipinski definition) is 1. The summed E-state index contributed by atoms with van der Waals surface area (Å²) in [6.45, 7) is 2.62. The van der Waals surface area contributed by atoms with Crippen LogP contribution in [0.1, 0.15) is 13.8 Å². The lowest BCUT2D eigenvalue weighted by atomic mass is 10.6. The summed E-state index contributed by atoms with van der Waals surface area (Å²) < 4.78 is 8.45. The van der Waals surface area contributed by atoms with Crippen molar-refractivity contribution in [2.45, 2.75) is 13.8 Å². The van der Waals surface area contributed by atoms with Crippen LogP contribution in [0, 0.1) is 0 Å². The summed E-state index contributed by atoms with van der Waals surface area (Å²) in [4.78, 5) is 31.5. The molecule has 0 aromatic heterocycles. The number of rotatable bonds is 3. The summed E-state index contributed by atoms with van der Waals surface area (Å²) >= 11 is 0. The van der Waals surface area contributed by atoms with Gasteiger partial charge in [-0.25, -0.2) is 9.59 Å². The molecule has 6 heteroatoms. The van der Waals surface area contributed by atoms with Crippen LogP contribution in [0.25, 0.3) is 0 Å². The Kier molecular flexibility index (Phi) is 5.25. The van der Waals surface area contributed by atoms with Crippen molar-refractivity contribution in [1.82, 2.24) is 5.32 Å². The van der Waals surface area contributed by atoms with Gasteiger partial charge in [0.25, 0.3) is 0 Å². The molecule has 0 aliphatic carbocycles. The zero-order chi connectivity index (χ0) is 10.3. The zero-order valence-electron chi connectivity index (χ0n) is 7.46. The second-order valence-corrected chi connectivity index (χ2v) is 2.07. The Hall–Kier alpha value is -1.59. The monoisotopic (exact) mass is 189 g/mol. The number of carbonyl (C=O) groups excluding carboxylic acids is 3. The van der Waals surface area contributed by atoms with E-state index in [0.717, 1.165) is 0 Å². The van der Waals surface area contributed by atoms with Crippen molar-refractivity contribution in [3.63, 3.8) is 0 Å². The number of esters is 1. The third kappa shape index (κ3) is 6.79. The predicted octanol–water partition coefficient (Wildman–Crippen LogP) is -0.178. The highest BCUT2D eigenvalue weighted by Gasteiger charge is 2.10. The number of hydrogen-bond acceptors (Lipinski definition) is 5. The summed E-state index contributed by atoms with van der Waals surface area (Å²) in [5.41, 5.74) is 0. The highest BCUT2D eigenvalue weighted by Crippen LogP contribution is 1.85. The third-order valence-corrected chi connectivity index (χ3v) is 0.941. The molecule has 0 aromatic carbocycles. The van der Waals surface area contributed by atoms with Crippen molar-refractivity contribution in [1.29, 1.82) is 0 Å². The molecule has 0 saturated heterocycles. The van der Waals surface area contributed by atoms with Crippen molar-refractivity contribution in [3.8, 4) is 0 Å². The topological polar surface area (TPSA) is 81.7 Å². The SMILES string of the molecule is CCOC(=O)OC(=O)CNC(C)=O. The van der Waals surface area contributed by atoms with Crippen LogP contribution in [0.2, 0.25) is 0 Å². The van der Waals surface area contributed by atoms with Crippen LogP contribution in [0.5, 0.6) is 0 Å². The largest absolute Gasteiger partial charge is 0.516 e. The van der Waals surface area contributed by atoms with Crippen molar-refractivity contribution >= 4 is 18.0 Å². The second-order valence-electron chi connectivity index (χ2n) is 2.07. The fourth-order valence-electron chi connectivity index (χ4n) is 0.473. The van der Waals surface area contributed by atoms with Crippen LogP contribution in [-0.2, 0) is 19.1 Å². The molecule has 0 heterocycles. The lowest BCUT2D eigenvalue weighted by Gasteiger charge is -2.02. The van der Waals surface area contributed by atoms with Crippen LogP contribution in [0.3, 0.4) is 0 Å². The number of nitrogens with one attached hydrogen (secondary N) is 1. The van der Waals surface area contributed by atoms with Crippen LogP contribution in [-0.4, -0.2) is 31.2 Å². The van der Waals surface area contributed by atoms with Gasteiger partial charge in [0.05, 0.1) is 6.61 Å². The Labute approximate surface area is 75.2 Å². The maximum Gasteiger partial charge on any atom is 0.516 e. The molecule has 0 rings (SSSR count). The minimum absolute atomic E-state index is 0.131. The molecule has 0 atom stereocenters. The number of amides is 1. The van der Waals surface area contributed by atoms with E-state index in [0.29, 0.717) is 0 Å². The van der Waals surface area contributed by atoms with Crippen molar-refractivity contribution in [3.05, 3.63) is 0 Å². The summed E-state index contributed by atoms with van der Waals surface area (Å²) in [6.07, 6.45) is -1.06. The smallest absolute Gasteiger partial charge is 0.434 e. The van der Waals surface area contributed by atoms with E-state index in [2.05, 4.69) is 14.8 Å². The van der Waals surface area contributed by atoms with Gasteiger partial charge < -0.3 is 14.8 Å². The van der Waals surface area contributed by atoms with E-state index in [9.17, 15) is 14.4 Å². The molecule has 0 aliphatic rings. The molecule has 0 aliphatic heterocycles. The van der Waals surface area contributed by atoms with Gasteiger partial charge in [-0.15, -0.1) is 0 Å². The Bertz CT molecular complexity index is 213. The maximum atomic E-state index is 10.7. The van der Waals surface area contributed by atoms with E-state index >= 15 is 0 Å². The molecule has 0 bridgehead atoms. The average molecular weight is 189 g/mol. The highest BCUT2D eigenvalue weighted by atomic mass is 16.7. The first-order valence-electron chi connectivity index (χ1n) is 3.68. The molecule has 74 valence electrons. The molecule has 0 fully saturated rings. The molecule has 1 N–H and O–H groups in total. The van der Waals surface area contributed by atoms with Gasteiger partial charge >= 0.3 is 12.1 Å². The molecule has 0 radical (unpaired) electrons. The molecular formula is C7H11NO5. The molecule has 0 spiro atoms. The van der Waals surface area contributed by atoms with E-state index in [4.69, 9.17) is 0 Å². The summed E-state index contributed by atoms with van der Waals surface area (Å²) in [7, 11) is 0. The molecule has 13 heavy (non-hydrogen) atoms. The van der Waals surface area contributed by atoms with Gasteiger partial charge in [0.2, 0.25) is 5.91 Å². The minimum atomic E-state index is -1.06. The van der Waals surface area contributed by atoms with E-state index in [1.807, 2.05) is 0 Å². The molecule has 0 saturated carbocycles. The predicted molar refractivity (Wildman–Crippen MR) is 41.8 cm³/mol. The maximum absolute atomic E-state index is 10.7. The minimum Gasteiger partial charge on any atom is -0.434 e. The third-order valence-electron chi connectivity index (χ3n) is 0.941. The van der Waals surface area contributed by atoms with Crippen LogP contribution >= 0.6 is 0 Å². The van der Waals surface area contributed by atoms with E-state index < -0.39 is 12.1 Å². The van der Waals surface area contributed by atoms with Crippen LogP contribution in [0.15, 0.2) is 0 Å². The summed E-state index contributed by atoms with van der Waals surface area (Å²) in [6, 6.07) is 0. The Balaban J connectivity index is 3.62. The molecule has 1 amide bonds. The first-order chi connectivity index (χ1) is 6.06. The van der Waals surface area contributed by atoms with E-state index in [-0.39, 0.29) is 19.1 Å².